The van der Waals surface area contributed by atoms with Crippen LogP contribution in [0.5, 0.6) is 11.5 Å². The molecule has 158 valence electrons. The second-order valence-corrected chi connectivity index (χ2v) is 10.3. The van der Waals surface area contributed by atoms with Gasteiger partial charge >= 0.3 is 0 Å². The molecule has 0 amide bonds. The number of hydrogen-bond acceptors (Lipinski definition) is 1. The number of pyridine rings is 1. The summed E-state index contributed by atoms with van der Waals surface area (Å²) in [6.07, 6.45) is 1.51. The van der Waals surface area contributed by atoms with Gasteiger partial charge in [0.2, 0.25) is 5.69 Å². The van der Waals surface area contributed by atoms with Gasteiger partial charge in [0.05, 0.1) is 10.9 Å². The lowest BCUT2D eigenvalue weighted by Gasteiger charge is -2.23. The molecule has 1 aromatic heterocycles. The SMILES string of the molecule is [2H]c1cc2c3c(cc4cc(CC(C)(C)C)ccc42)Oc2cc4ccccc4c(C)c2-c3[n+]1C. The maximum Gasteiger partial charge on any atom is 0.228 e. The van der Waals surface area contributed by atoms with Gasteiger partial charge in [-0.15, -0.1) is 0 Å². The summed E-state index contributed by atoms with van der Waals surface area (Å²) < 4.78 is 17.4. The third-order valence-corrected chi connectivity index (χ3v) is 6.65. The molecule has 0 bridgehead atoms. The van der Waals surface area contributed by atoms with Crippen LogP contribution in [0.15, 0.2) is 66.8 Å². The normalized spacial score (nSPS) is 13.3. The highest BCUT2D eigenvalue weighted by Gasteiger charge is 2.31. The van der Waals surface area contributed by atoms with Gasteiger partial charge in [0.1, 0.15) is 19.9 Å². The molecule has 0 fully saturated rings. The van der Waals surface area contributed by atoms with Gasteiger partial charge in [-0.05, 0) is 63.6 Å². The molecule has 0 saturated heterocycles. The fourth-order valence-electron chi connectivity index (χ4n) is 5.33. The van der Waals surface area contributed by atoms with E-state index in [2.05, 4.69) is 82.3 Å². The van der Waals surface area contributed by atoms with E-state index in [0.717, 1.165) is 39.9 Å². The first kappa shape index (κ1) is 18.2. The summed E-state index contributed by atoms with van der Waals surface area (Å²) in [6, 6.07) is 21.5. The second-order valence-electron chi connectivity index (χ2n) is 10.3. The summed E-state index contributed by atoms with van der Waals surface area (Å²) in [5.74, 6) is 1.74. The quantitative estimate of drug-likeness (QED) is 0.197. The van der Waals surface area contributed by atoms with Crippen LogP contribution in [0.1, 0.15) is 33.3 Å². The summed E-state index contributed by atoms with van der Waals surface area (Å²) in [7, 11) is 1.99. The van der Waals surface area contributed by atoms with E-state index >= 15 is 0 Å². The van der Waals surface area contributed by atoms with Crippen molar-refractivity contribution in [3.63, 3.8) is 0 Å². The minimum absolute atomic E-state index is 0.224. The monoisotopic (exact) mass is 419 g/mol. The Bertz CT molecular complexity index is 1630. The number of fused-ring (bicyclic) bond motifs is 5. The zero-order valence-corrected chi connectivity index (χ0v) is 19.3. The van der Waals surface area contributed by atoms with E-state index in [9.17, 15) is 0 Å². The number of hydrogen-bond donors (Lipinski definition) is 0. The van der Waals surface area contributed by atoms with Crippen molar-refractivity contribution in [2.45, 2.75) is 34.1 Å². The molecule has 1 aliphatic heterocycles. The first-order valence-corrected chi connectivity index (χ1v) is 11.3. The summed E-state index contributed by atoms with van der Waals surface area (Å²) >= 11 is 0. The number of nitrogens with zero attached hydrogens (tertiary/aromatic N) is 1. The molecule has 2 heteroatoms. The van der Waals surface area contributed by atoms with Gasteiger partial charge in [-0.2, -0.15) is 0 Å². The van der Waals surface area contributed by atoms with Crippen LogP contribution in [0.25, 0.3) is 43.6 Å². The van der Waals surface area contributed by atoms with Gasteiger partial charge < -0.3 is 4.74 Å². The van der Waals surface area contributed by atoms with Gasteiger partial charge in [-0.3, -0.25) is 0 Å². The molecular formula is C30H28NO+. The molecule has 2 heterocycles. The van der Waals surface area contributed by atoms with Gasteiger partial charge in [0.15, 0.2) is 6.17 Å². The molecule has 0 aliphatic carbocycles. The first-order valence-electron chi connectivity index (χ1n) is 11.8. The van der Waals surface area contributed by atoms with Crippen LogP contribution in [-0.2, 0) is 13.5 Å². The van der Waals surface area contributed by atoms with Crippen LogP contribution in [0.3, 0.4) is 0 Å². The smallest absolute Gasteiger partial charge is 0.228 e. The van der Waals surface area contributed by atoms with Crippen molar-refractivity contribution in [1.82, 2.24) is 0 Å². The number of rotatable bonds is 1. The lowest BCUT2D eigenvalue weighted by Crippen LogP contribution is -2.31. The molecule has 0 radical (unpaired) electrons. The minimum Gasteiger partial charge on any atom is -0.456 e. The van der Waals surface area contributed by atoms with Crippen LogP contribution in [0.2, 0.25) is 0 Å². The van der Waals surface area contributed by atoms with E-state index in [0.29, 0.717) is 6.17 Å². The molecule has 0 saturated carbocycles. The number of ether oxygens (including phenoxy) is 1. The van der Waals surface area contributed by atoms with E-state index in [1.54, 1.807) is 0 Å². The van der Waals surface area contributed by atoms with Crippen molar-refractivity contribution in [2.24, 2.45) is 12.5 Å². The molecule has 6 rings (SSSR count). The molecular weight excluding hydrogens is 390 g/mol. The first-order chi connectivity index (χ1) is 15.7. The van der Waals surface area contributed by atoms with E-state index in [-0.39, 0.29) is 5.41 Å². The third kappa shape index (κ3) is 2.82. The minimum atomic E-state index is 0.224. The van der Waals surface area contributed by atoms with Gasteiger partial charge in [0.25, 0.3) is 0 Å². The summed E-state index contributed by atoms with van der Waals surface area (Å²) in [5.41, 5.74) is 4.90. The van der Waals surface area contributed by atoms with Gasteiger partial charge in [-0.25, -0.2) is 4.57 Å². The Balaban J connectivity index is 1.72. The summed E-state index contributed by atoms with van der Waals surface area (Å²) in [6.45, 7) is 8.98. The average Bonchev–Trinajstić information content (AvgIpc) is 2.75. The predicted molar refractivity (Wildman–Crippen MR) is 134 cm³/mol. The number of aryl methyl sites for hydroxylation is 1. The number of benzene rings is 4. The fourth-order valence-corrected chi connectivity index (χ4v) is 5.33. The molecule has 0 atom stereocenters. The molecule has 0 N–H and O–H groups in total. The standard InChI is InChI=1S/C30H28NO/c1-18-22-9-7-6-8-20(22)15-25-27(18)29-28-24(12-13-31(29)5)23-11-10-19(17-30(2,3)4)14-21(23)16-26(28)32-25/h6-16H,17H2,1-5H3/q+1/i13D. The Morgan fingerprint density at radius 1 is 0.875 bits per heavy atom. The van der Waals surface area contributed by atoms with Crippen molar-refractivity contribution in [2.75, 3.05) is 0 Å². The molecule has 1 aliphatic rings. The van der Waals surface area contributed by atoms with E-state index in [4.69, 9.17) is 6.11 Å². The maximum atomic E-state index is 8.77. The zero-order valence-electron chi connectivity index (χ0n) is 20.3. The molecule has 5 aromatic rings. The molecule has 0 unspecified atom stereocenters. The Morgan fingerprint density at radius 3 is 2.47 bits per heavy atom. The third-order valence-electron chi connectivity index (χ3n) is 6.65. The highest BCUT2D eigenvalue weighted by Crippen LogP contribution is 2.49. The van der Waals surface area contributed by atoms with E-state index in [1.165, 1.54) is 32.7 Å². The molecule has 32 heavy (non-hydrogen) atoms. The van der Waals surface area contributed by atoms with Crippen LogP contribution >= 0.6 is 0 Å². The van der Waals surface area contributed by atoms with Gasteiger partial charge in [0, 0.05) is 11.5 Å². The van der Waals surface area contributed by atoms with Crippen LogP contribution in [-0.4, -0.2) is 0 Å². The summed E-state index contributed by atoms with van der Waals surface area (Å²) in [5, 5.41) is 6.91. The lowest BCUT2D eigenvalue weighted by atomic mass is 9.86. The Labute approximate surface area is 190 Å². The second kappa shape index (κ2) is 6.56. The van der Waals surface area contributed by atoms with Crippen LogP contribution in [0, 0.1) is 12.3 Å². The van der Waals surface area contributed by atoms with Gasteiger partial charge in [-0.1, -0.05) is 63.2 Å². The van der Waals surface area contributed by atoms with Crippen molar-refractivity contribution in [3.8, 4) is 22.8 Å². The van der Waals surface area contributed by atoms with E-state index in [1.807, 2.05) is 17.7 Å². The molecule has 4 aromatic carbocycles. The Morgan fingerprint density at radius 2 is 1.66 bits per heavy atom. The van der Waals surface area contributed by atoms with Crippen molar-refractivity contribution in [1.29, 1.82) is 0 Å². The molecule has 2 nitrogen and oxygen atoms in total. The summed E-state index contributed by atoms with van der Waals surface area (Å²) in [4.78, 5) is 0. The Kier molecular flexibility index (Phi) is 3.73. The largest absolute Gasteiger partial charge is 0.456 e. The van der Waals surface area contributed by atoms with Crippen LogP contribution in [0.4, 0.5) is 0 Å². The lowest BCUT2D eigenvalue weighted by molar-refractivity contribution is -0.659. The van der Waals surface area contributed by atoms with Crippen molar-refractivity contribution >= 4 is 32.3 Å². The van der Waals surface area contributed by atoms with Crippen molar-refractivity contribution in [3.05, 3.63) is 78.0 Å². The maximum absolute atomic E-state index is 8.77. The topological polar surface area (TPSA) is 13.1 Å². The van der Waals surface area contributed by atoms with Crippen LogP contribution < -0.4 is 9.30 Å². The van der Waals surface area contributed by atoms with E-state index < -0.39 is 0 Å². The highest BCUT2D eigenvalue weighted by molar-refractivity contribution is 6.16. The zero-order chi connectivity index (χ0) is 23.1. The molecule has 0 spiro atoms. The fraction of sp³-hybridized carbons (Fsp3) is 0.233. The average molecular weight is 420 g/mol. The van der Waals surface area contributed by atoms with Crippen molar-refractivity contribution < 1.29 is 10.7 Å². The Hall–Kier alpha value is -3.39. The predicted octanol–water partition coefficient (Wildman–Crippen LogP) is 7.64. The number of aromatic nitrogens is 1. The highest BCUT2D eigenvalue weighted by atomic mass is 16.5.